The zero-order valence-corrected chi connectivity index (χ0v) is 30.5. The van der Waals surface area contributed by atoms with Gasteiger partial charge in [-0.2, -0.15) is 0 Å². The Morgan fingerprint density at radius 1 is 0.291 bits per heavy atom. The van der Waals surface area contributed by atoms with Crippen LogP contribution in [0.1, 0.15) is 0 Å². The number of aromatic nitrogens is 4. The first kappa shape index (κ1) is 32.6. The summed E-state index contributed by atoms with van der Waals surface area (Å²) >= 11 is 1.79. The molecule has 55 heavy (non-hydrogen) atoms. The van der Waals surface area contributed by atoms with Crippen LogP contribution in [0, 0.1) is 0 Å². The van der Waals surface area contributed by atoms with Crippen molar-refractivity contribution in [1.82, 2.24) is 19.9 Å². The lowest BCUT2D eigenvalue weighted by atomic mass is 10.00. The number of nitrogens with zero attached hydrogens (tertiary/aromatic N) is 4. The van der Waals surface area contributed by atoms with E-state index in [1.165, 1.54) is 25.7 Å². The number of benzene rings is 7. The van der Waals surface area contributed by atoms with E-state index in [9.17, 15) is 0 Å². The standard InChI is InChI=1S/C50H32N4S/c1-5-14-33(15-6-1)34-24-26-38(27-25-34)50-52-43(36-18-9-3-10-19-36)32-45(54-50)40-22-13-23-46-48(40)41-29-28-39(30-47(41)55-46)44-31-42(35-16-7-2-8-17-35)51-49(53-44)37-20-11-4-12-21-37/h1-32H. The van der Waals surface area contributed by atoms with Gasteiger partial charge in [0.2, 0.25) is 0 Å². The van der Waals surface area contributed by atoms with Crippen molar-refractivity contribution in [3.05, 3.63) is 194 Å². The molecular weight excluding hydrogens is 689 g/mol. The molecule has 10 rings (SSSR count). The van der Waals surface area contributed by atoms with Crippen LogP contribution in [0.5, 0.6) is 0 Å². The van der Waals surface area contributed by atoms with Gasteiger partial charge in [-0.25, -0.2) is 19.9 Å². The molecule has 0 fully saturated rings. The first-order valence-electron chi connectivity index (χ1n) is 18.3. The number of fused-ring (bicyclic) bond motifs is 3. The molecule has 0 spiro atoms. The molecule has 0 unspecified atom stereocenters. The molecule has 0 aliphatic heterocycles. The molecule has 0 radical (unpaired) electrons. The van der Waals surface area contributed by atoms with Crippen LogP contribution in [-0.4, -0.2) is 19.9 Å². The van der Waals surface area contributed by atoms with Crippen molar-refractivity contribution in [1.29, 1.82) is 0 Å². The van der Waals surface area contributed by atoms with Gasteiger partial charge in [-0.1, -0.05) is 170 Å². The molecule has 5 heteroatoms. The third-order valence-corrected chi connectivity index (χ3v) is 11.1. The van der Waals surface area contributed by atoms with E-state index in [0.29, 0.717) is 11.6 Å². The zero-order valence-electron chi connectivity index (χ0n) is 29.7. The third kappa shape index (κ3) is 6.37. The van der Waals surface area contributed by atoms with Crippen LogP contribution >= 0.6 is 11.3 Å². The van der Waals surface area contributed by atoms with Gasteiger partial charge in [0.1, 0.15) is 0 Å². The molecule has 0 saturated heterocycles. The minimum atomic E-state index is 0.696. The summed E-state index contributed by atoms with van der Waals surface area (Å²) in [7, 11) is 0. The van der Waals surface area contributed by atoms with Crippen LogP contribution < -0.4 is 0 Å². The highest BCUT2D eigenvalue weighted by molar-refractivity contribution is 7.26. The summed E-state index contributed by atoms with van der Waals surface area (Å²) in [6, 6.07) is 67.3. The van der Waals surface area contributed by atoms with E-state index in [1.54, 1.807) is 11.3 Å². The Kier molecular flexibility index (Phi) is 8.32. The summed E-state index contributed by atoms with van der Waals surface area (Å²) in [6.07, 6.45) is 0. The maximum Gasteiger partial charge on any atom is 0.160 e. The van der Waals surface area contributed by atoms with Crippen molar-refractivity contribution >= 4 is 31.5 Å². The molecule has 0 aliphatic rings. The summed E-state index contributed by atoms with van der Waals surface area (Å²) in [5.74, 6) is 1.40. The van der Waals surface area contributed by atoms with Crippen LogP contribution in [0.2, 0.25) is 0 Å². The zero-order chi connectivity index (χ0) is 36.6. The second-order valence-electron chi connectivity index (χ2n) is 13.5. The van der Waals surface area contributed by atoms with Crippen LogP contribution in [0.15, 0.2) is 194 Å². The number of hydrogen-bond donors (Lipinski definition) is 0. The minimum absolute atomic E-state index is 0.696. The maximum absolute atomic E-state index is 5.26. The average molecular weight is 721 g/mol. The SMILES string of the molecule is c1ccc(-c2ccc(-c3nc(-c4ccccc4)cc(-c4cccc5sc6cc(-c7cc(-c8ccccc8)nc(-c8ccccc8)n7)ccc6c45)n3)cc2)cc1. The van der Waals surface area contributed by atoms with E-state index >= 15 is 0 Å². The summed E-state index contributed by atoms with van der Waals surface area (Å²) < 4.78 is 2.39. The van der Waals surface area contributed by atoms with Gasteiger partial charge in [-0.05, 0) is 35.4 Å². The lowest BCUT2D eigenvalue weighted by Gasteiger charge is -2.11. The van der Waals surface area contributed by atoms with Gasteiger partial charge >= 0.3 is 0 Å². The lowest BCUT2D eigenvalue weighted by molar-refractivity contribution is 1.18. The molecule has 0 N–H and O–H groups in total. The topological polar surface area (TPSA) is 51.6 Å². The van der Waals surface area contributed by atoms with E-state index < -0.39 is 0 Å². The van der Waals surface area contributed by atoms with Gasteiger partial charge in [0.25, 0.3) is 0 Å². The van der Waals surface area contributed by atoms with Gasteiger partial charge in [-0.3, -0.25) is 0 Å². The Morgan fingerprint density at radius 2 is 0.727 bits per heavy atom. The molecule has 3 heterocycles. The van der Waals surface area contributed by atoms with Crippen LogP contribution in [0.25, 0.3) is 99.1 Å². The average Bonchev–Trinajstić information content (AvgIpc) is 3.66. The molecule has 10 aromatic rings. The largest absolute Gasteiger partial charge is 0.228 e. The fourth-order valence-corrected chi connectivity index (χ4v) is 8.35. The molecular formula is C50H32N4S. The first-order valence-corrected chi connectivity index (χ1v) is 19.1. The van der Waals surface area contributed by atoms with Crippen molar-refractivity contribution < 1.29 is 0 Å². The smallest absolute Gasteiger partial charge is 0.160 e. The van der Waals surface area contributed by atoms with E-state index in [2.05, 4.69) is 146 Å². The summed E-state index contributed by atoms with van der Waals surface area (Å²) in [6.45, 7) is 0. The second-order valence-corrected chi connectivity index (χ2v) is 14.5. The molecule has 0 amide bonds. The third-order valence-electron chi connectivity index (χ3n) is 9.94. The molecule has 4 nitrogen and oxygen atoms in total. The second kappa shape index (κ2) is 14.0. The fourth-order valence-electron chi connectivity index (χ4n) is 7.18. The number of hydrogen-bond acceptors (Lipinski definition) is 5. The van der Waals surface area contributed by atoms with Crippen molar-refractivity contribution in [3.8, 4) is 78.9 Å². The van der Waals surface area contributed by atoms with Gasteiger partial charge < -0.3 is 0 Å². The van der Waals surface area contributed by atoms with Crippen molar-refractivity contribution in [2.75, 3.05) is 0 Å². The highest BCUT2D eigenvalue weighted by Crippen LogP contribution is 2.42. The van der Waals surface area contributed by atoms with Crippen LogP contribution in [0.3, 0.4) is 0 Å². The fraction of sp³-hybridized carbons (Fsp3) is 0. The lowest BCUT2D eigenvalue weighted by Crippen LogP contribution is -1.96. The minimum Gasteiger partial charge on any atom is -0.228 e. The predicted molar refractivity (Wildman–Crippen MR) is 229 cm³/mol. The summed E-state index contributed by atoms with van der Waals surface area (Å²) in [4.78, 5) is 20.5. The Morgan fingerprint density at radius 3 is 1.33 bits per heavy atom. The van der Waals surface area contributed by atoms with E-state index in [1.807, 2.05) is 48.5 Å². The normalized spacial score (nSPS) is 11.3. The van der Waals surface area contributed by atoms with Crippen LogP contribution in [0.4, 0.5) is 0 Å². The van der Waals surface area contributed by atoms with Crippen molar-refractivity contribution in [3.63, 3.8) is 0 Å². The van der Waals surface area contributed by atoms with Gasteiger partial charge in [0, 0.05) is 53.6 Å². The predicted octanol–water partition coefficient (Wildman–Crippen LogP) is 13.3. The first-order chi connectivity index (χ1) is 27.2. The highest BCUT2D eigenvalue weighted by atomic mass is 32.1. The summed E-state index contributed by atoms with van der Waals surface area (Å²) in [5.41, 5.74) is 12.1. The Labute approximate surface area is 323 Å². The molecule has 3 aromatic heterocycles. The molecule has 0 aliphatic carbocycles. The van der Waals surface area contributed by atoms with E-state index in [0.717, 1.165) is 61.7 Å². The Bertz CT molecular complexity index is 2890. The van der Waals surface area contributed by atoms with Crippen LogP contribution in [-0.2, 0) is 0 Å². The Balaban J connectivity index is 1.10. The highest BCUT2D eigenvalue weighted by Gasteiger charge is 2.17. The summed E-state index contributed by atoms with van der Waals surface area (Å²) in [5, 5.41) is 2.38. The molecule has 0 bridgehead atoms. The molecule has 258 valence electrons. The van der Waals surface area contributed by atoms with Crippen molar-refractivity contribution in [2.45, 2.75) is 0 Å². The number of rotatable bonds is 7. The van der Waals surface area contributed by atoms with Gasteiger partial charge in [0.15, 0.2) is 11.6 Å². The molecule has 0 saturated carbocycles. The van der Waals surface area contributed by atoms with Gasteiger partial charge in [-0.15, -0.1) is 11.3 Å². The van der Waals surface area contributed by atoms with Gasteiger partial charge in [0.05, 0.1) is 22.8 Å². The quantitative estimate of drug-likeness (QED) is 0.164. The van der Waals surface area contributed by atoms with E-state index in [4.69, 9.17) is 19.9 Å². The maximum atomic E-state index is 5.26. The Hall–Kier alpha value is -7.08. The molecule has 0 atom stereocenters. The van der Waals surface area contributed by atoms with E-state index in [-0.39, 0.29) is 0 Å². The number of thiophene rings is 1. The molecule has 7 aromatic carbocycles. The van der Waals surface area contributed by atoms with Crippen molar-refractivity contribution in [2.24, 2.45) is 0 Å². The monoisotopic (exact) mass is 720 g/mol.